The molecule has 1 atom stereocenters. The third-order valence-electron chi connectivity index (χ3n) is 4.90. The number of aromatic nitrogens is 1. The van der Waals surface area contributed by atoms with Crippen molar-refractivity contribution in [1.29, 1.82) is 0 Å². The van der Waals surface area contributed by atoms with Gasteiger partial charge >= 0.3 is 0 Å². The number of amides is 1. The number of hydrogen-bond donors (Lipinski definition) is 1. The SMILES string of the molecule is O=C(NC(Cc1ccccc1)c1ccccc1)c1ccc(Cn2ccccc2=O)o1. The van der Waals surface area contributed by atoms with Crippen LogP contribution in [0.2, 0.25) is 0 Å². The first kappa shape index (κ1) is 19.5. The molecule has 0 aliphatic carbocycles. The van der Waals surface area contributed by atoms with Gasteiger partial charge in [0.05, 0.1) is 12.6 Å². The molecule has 5 heteroatoms. The molecule has 5 nitrogen and oxygen atoms in total. The van der Waals surface area contributed by atoms with Gasteiger partial charge in [0.1, 0.15) is 5.76 Å². The van der Waals surface area contributed by atoms with Crippen LogP contribution >= 0.6 is 0 Å². The molecule has 2 aromatic carbocycles. The predicted octanol–water partition coefficient (Wildman–Crippen LogP) is 4.20. The maximum Gasteiger partial charge on any atom is 0.287 e. The lowest BCUT2D eigenvalue weighted by Gasteiger charge is -2.19. The standard InChI is InChI=1S/C25H22N2O3/c28-24-13-7-8-16-27(24)18-21-14-15-23(30-21)25(29)26-22(20-11-5-2-6-12-20)17-19-9-3-1-4-10-19/h1-16,22H,17-18H2,(H,26,29). The highest BCUT2D eigenvalue weighted by Gasteiger charge is 2.19. The minimum atomic E-state index is -0.286. The van der Waals surface area contributed by atoms with Crippen LogP contribution in [0, 0.1) is 0 Å². The summed E-state index contributed by atoms with van der Waals surface area (Å²) in [5.74, 6) is 0.488. The van der Waals surface area contributed by atoms with Gasteiger partial charge in [0, 0.05) is 12.3 Å². The van der Waals surface area contributed by atoms with Gasteiger partial charge in [-0.15, -0.1) is 0 Å². The number of benzene rings is 2. The van der Waals surface area contributed by atoms with Crippen molar-refractivity contribution in [2.45, 2.75) is 19.0 Å². The second-order valence-electron chi connectivity index (χ2n) is 7.06. The van der Waals surface area contributed by atoms with Crippen molar-refractivity contribution in [2.24, 2.45) is 0 Å². The Kier molecular flexibility index (Phi) is 5.90. The molecule has 2 heterocycles. The lowest BCUT2D eigenvalue weighted by atomic mass is 9.99. The van der Waals surface area contributed by atoms with Gasteiger partial charge in [0.2, 0.25) is 0 Å². The molecule has 150 valence electrons. The average Bonchev–Trinajstić information content (AvgIpc) is 3.25. The Balaban J connectivity index is 1.51. The van der Waals surface area contributed by atoms with Crippen molar-refractivity contribution in [1.82, 2.24) is 9.88 Å². The molecule has 0 spiro atoms. The first-order valence-corrected chi connectivity index (χ1v) is 9.83. The summed E-state index contributed by atoms with van der Waals surface area (Å²) in [4.78, 5) is 24.8. The van der Waals surface area contributed by atoms with E-state index in [0.29, 0.717) is 12.2 Å². The Hall–Kier alpha value is -3.86. The fraction of sp³-hybridized carbons (Fsp3) is 0.120. The second-order valence-corrected chi connectivity index (χ2v) is 7.06. The molecule has 1 unspecified atom stereocenters. The number of carbonyl (C=O) groups excluding carboxylic acids is 1. The highest BCUT2D eigenvalue weighted by Crippen LogP contribution is 2.20. The molecule has 0 bridgehead atoms. The predicted molar refractivity (Wildman–Crippen MR) is 115 cm³/mol. The van der Waals surface area contributed by atoms with Crippen molar-refractivity contribution in [3.63, 3.8) is 0 Å². The van der Waals surface area contributed by atoms with Gasteiger partial charge in [0.25, 0.3) is 11.5 Å². The maximum absolute atomic E-state index is 12.9. The average molecular weight is 398 g/mol. The van der Waals surface area contributed by atoms with Gasteiger partial charge in [-0.1, -0.05) is 66.7 Å². The lowest BCUT2D eigenvalue weighted by molar-refractivity contribution is 0.0906. The Labute approximate surface area is 174 Å². The summed E-state index contributed by atoms with van der Waals surface area (Å²) in [6.07, 6.45) is 2.36. The fourth-order valence-electron chi connectivity index (χ4n) is 3.36. The Bertz CT molecular complexity index is 1160. The lowest BCUT2D eigenvalue weighted by Crippen LogP contribution is -2.29. The van der Waals surface area contributed by atoms with E-state index < -0.39 is 0 Å². The zero-order valence-electron chi connectivity index (χ0n) is 16.4. The molecular weight excluding hydrogens is 376 g/mol. The maximum atomic E-state index is 12.9. The number of nitrogens with zero attached hydrogens (tertiary/aromatic N) is 1. The largest absolute Gasteiger partial charge is 0.454 e. The summed E-state index contributed by atoms with van der Waals surface area (Å²) in [6, 6.07) is 28.1. The van der Waals surface area contributed by atoms with Gasteiger partial charge in [-0.25, -0.2) is 0 Å². The van der Waals surface area contributed by atoms with E-state index in [-0.39, 0.29) is 29.8 Å². The van der Waals surface area contributed by atoms with Crippen LogP contribution in [-0.2, 0) is 13.0 Å². The minimum absolute atomic E-state index is 0.119. The normalized spacial score (nSPS) is 11.7. The Morgan fingerprint density at radius 2 is 1.57 bits per heavy atom. The Morgan fingerprint density at radius 1 is 0.867 bits per heavy atom. The molecule has 30 heavy (non-hydrogen) atoms. The van der Waals surface area contributed by atoms with E-state index in [2.05, 4.69) is 5.32 Å². The molecule has 0 fully saturated rings. The fourth-order valence-corrected chi connectivity index (χ4v) is 3.36. The summed E-state index contributed by atoms with van der Waals surface area (Å²) in [6.45, 7) is 0.277. The van der Waals surface area contributed by atoms with Crippen molar-refractivity contribution in [3.05, 3.63) is 130 Å². The Morgan fingerprint density at radius 3 is 2.30 bits per heavy atom. The highest BCUT2D eigenvalue weighted by atomic mass is 16.4. The van der Waals surface area contributed by atoms with Crippen LogP contribution in [0.4, 0.5) is 0 Å². The van der Waals surface area contributed by atoms with Crippen molar-refractivity contribution in [3.8, 4) is 0 Å². The first-order valence-electron chi connectivity index (χ1n) is 9.83. The molecule has 0 aliphatic heterocycles. The molecule has 2 aromatic heterocycles. The van der Waals surface area contributed by atoms with Gasteiger partial charge in [-0.05, 0) is 35.7 Å². The topological polar surface area (TPSA) is 64.2 Å². The van der Waals surface area contributed by atoms with Crippen molar-refractivity contribution >= 4 is 5.91 Å². The molecule has 4 aromatic rings. The van der Waals surface area contributed by atoms with Crippen LogP contribution in [0.1, 0.15) is 33.5 Å². The van der Waals surface area contributed by atoms with Crippen molar-refractivity contribution in [2.75, 3.05) is 0 Å². The van der Waals surface area contributed by atoms with Crippen LogP contribution < -0.4 is 10.9 Å². The molecule has 0 aliphatic rings. The molecule has 0 saturated carbocycles. The zero-order chi connectivity index (χ0) is 20.8. The van der Waals surface area contributed by atoms with E-state index >= 15 is 0 Å². The number of furan rings is 1. The molecule has 1 N–H and O–H groups in total. The van der Waals surface area contributed by atoms with E-state index in [1.807, 2.05) is 60.7 Å². The third-order valence-corrected chi connectivity index (χ3v) is 4.90. The van der Waals surface area contributed by atoms with Gasteiger partial charge in [-0.3, -0.25) is 9.59 Å². The van der Waals surface area contributed by atoms with Crippen LogP contribution in [-0.4, -0.2) is 10.5 Å². The third kappa shape index (κ3) is 4.75. The van der Waals surface area contributed by atoms with Gasteiger partial charge in [-0.2, -0.15) is 0 Å². The van der Waals surface area contributed by atoms with Crippen molar-refractivity contribution < 1.29 is 9.21 Å². The molecule has 0 saturated heterocycles. The first-order chi connectivity index (χ1) is 14.7. The number of carbonyl (C=O) groups is 1. The van der Waals surface area contributed by atoms with Crippen LogP contribution in [0.25, 0.3) is 0 Å². The highest BCUT2D eigenvalue weighted by molar-refractivity contribution is 5.91. The number of hydrogen-bond acceptors (Lipinski definition) is 3. The molecular formula is C25H22N2O3. The molecule has 4 rings (SSSR count). The molecule has 0 radical (unpaired) electrons. The summed E-state index contributed by atoms with van der Waals surface area (Å²) >= 11 is 0. The van der Waals surface area contributed by atoms with E-state index in [1.165, 1.54) is 10.6 Å². The van der Waals surface area contributed by atoms with Gasteiger partial charge < -0.3 is 14.3 Å². The number of nitrogens with one attached hydrogen (secondary N) is 1. The van der Waals surface area contributed by atoms with Crippen LogP contribution in [0.3, 0.4) is 0 Å². The van der Waals surface area contributed by atoms with E-state index in [9.17, 15) is 9.59 Å². The quantitative estimate of drug-likeness (QED) is 0.507. The van der Waals surface area contributed by atoms with Crippen LogP contribution in [0.15, 0.2) is 106 Å². The molecule has 1 amide bonds. The minimum Gasteiger partial charge on any atom is -0.454 e. The van der Waals surface area contributed by atoms with E-state index in [1.54, 1.807) is 30.5 Å². The zero-order valence-corrected chi connectivity index (χ0v) is 16.4. The monoisotopic (exact) mass is 398 g/mol. The second kappa shape index (κ2) is 9.09. The summed E-state index contributed by atoms with van der Waals surface area (Å²) < 4.78 is 7.25. The van der Waals surface area contributed by atoms with E-state index in [4.69, 9.17) is 4.42 Å². The van der Waals surface area contributed by atoms with E-state index in [0.717, 1.165) is 11.1 Å². The summed E-state index contributed by atoms with van der Waals surface area (Å²) in [5.41, 5.74) is 2.04. The summed E-state index contributed by atoms with van der Waals surface area (Å²) in [5, 5.41) is 3.09. The van der Waals surface area contributed by atoms with Crippen LogP contribution in [0.5, 0.6) is 0 Å². The smallest absolute Gasteiger partial charge is 0.287 e. The summed E-state index contributed by atoms with van der Waals surface area (Å²) in [7, 11) is 0. The number of rotatable bonds is 7. The van der Waals surface area contributed by atoms with Gasteiger partial charge in [0.15, 0.2) is 5.76 Å². The number of pyridine rings is 1.